The molecule has 1 fully saturated rings. The lowest BCUT2D eigenvalue weighted by Crippen LogP contribution is -2.66. The summed E-state index contributed by atoms with van der Waals surface area (Å²) in [6.07, 6.45) is 0.146. The Morgan fingerprint density at radius 1 is 1.14 bits per heavy atom. The molecule has 3 heterocycles. The van der Waals surface area contributed by atoms with Crippen LogP contribution >= 0.6 is 0 Å². The average Bonchev–Trinajstić information content (AvgIpc) is 3.44. The number of imidazole rings is 1. The highest BCUT2D eigenvalue weighted by atomic mass is 16.6. The molecule has 16 nitrogen and oxygen atoms in total. The highest BCUT2D eigenvalue weighted by molar-refractivity contribution is 5.86. The van der Waals surface area contributed by atoms with Crippen molar-refractivity contribution in [2.24, 2.45) is 0 Å². The normalized spacial score (nSPS) is 22.4. The van der Waals surface area contributed by atoms with E-state index in [1.807, 2.05) is 0 Å². The summed E-state index contributed by atoms with van der Waals surface area (Å²) in [6, 6.07) is -0.621. The summed E-state index contributed by atoms with van der Waals surface area (Å²) in [5, 5.41) is 27.4. The first kappa shape index (κ1) is 34.3. The van der Waals surface area contributed by atoms with Gasteiger partial charge in [-0.1, -0.05) is 5.92 Å². The van der Waals surface area contributed by atoms with Gasteiger partial charge in [0.1, 0.15) is 48.0 Å². The van der Waals surface area contributed by atoms with E-state index in [1.165, 1.54) is 17.2 Å². The maximum atomic E-state index is 13.1. The molecule has 1 aliphatic rings. The van der Waals surface area contributed by atoms with Gasteiger partial charge in [0.25, 0.3) is 0 Å². The number of nitrogens with two attached hydrogens (primary N) is 1. The van der Waals surface area contributed by atoms with Gasteiger partial charge in [-0.05, 0) is 61.3 Å². The molecule has 2 amide bonds. The van der Waals surface area contributed by atoms with Crippen molar-refractivity contribution < 1.29 is 43.5 Å². The Balaban J connectivity index is 2.03. The number of carbonyl (C=O) groups excluding carboxylic acids is 2. The third-order valence-electron chi connectivity index (χ3n) is 6.56. The number of fused-ring (bicyclic) bond motifs is 1. The fourth-order valence-corrected chi connectivity index (χ4v) is 4.73. The van der Waals surface area contributed by atoms with Crippen LogP contribution in [0.1, 0.15) is 67.5 Å². The summed E-state index contributed by atoms with van der Waals surface area (Å²) in [4.78, 5) is 50.9. The zero-order valence-corrected chi connectivity index (χ0v) is 25.9. The van der Waals surface area contributed by atoms with Crippen LogP contribution in [0.4, 0.5) is 15.4 Å². The Hall–Kier alpha value is -4.20. The minimum absolute atomic E-state index is 0.00618. The SMILES string of the molecule is C#CCO[C@@H]1[C@H](O)[C@@H](C(CCC(C)NC(=O)OC(C)(C)C)(NC(=O)OC(C)(C)C)C(=O)O)O[C@H]1n1cnc2c(N)ncnc21. The molecule has 242 valence electrons. The number of ether oxygens (including phenoxy) is 4. The van der Waals surface area contributed by atoms with E-state index < -0.39 is 65.5 Å². The van der Waals surface area contributed by atoms with Gasteiger partial charge in [0.05, 0.1) is 6.33 Å². The number of aliphatic hydroxyl groups is 1. The zero-order chi connectivity index (χ0) is 33.0. The van der Waals surface area contributed by atoms with E-state index >= 15 is 0 Å². The Morgan fingerprint density at radius 2 is 1.77 bits per heavy atom. The number of anilines is 1. The second-order valence-electron chi connectivity index (χ2n) is 12.5. The Kier molecular flexibility index (Phi) is 10.3. The summed E-state index contributed by atoms with van der Waals surface area (Å²) in [6.45, 7) is 11.3. The van der Waals surface area contributed by atoms with E-state index in [9.17, 15) is 24.6 Å². The van der Waals surface area contributed by atoms with Crippen LogP contribution in [0.2, 0.25) is 0 Å². The number of aliphatic carboxylic acids is 1. The van der Waals surface area contributed by atoms with Gasteiger partial charge in [-0.2, -0.15) is 0 Å². The first-order chi connectivity index (χ1) is 20.4. The largest absolute Gasteiger partial charge is 0.479 e. The molecular weight excluding hydrogens is 578 g/mol. The molecule has 0 bridgehead atoms. The third-order valence-corrected chi connectivity index (χ3v) is 6.56. The number of alkyl carbamates (subject to hydrolysis) is 2. The number of carboxylic acid groups (broad SMARTS) is 1. The smallest absolute Gasteiger partial charge is 0.408 e. The van der Waals surface area contributed by atoms with Gasteiger partial charge in [-0.15, -0.1) is 6.42 Å². The van der Waals surface area contributed by atoms with E-state index in [2.05, 4.69) is 31.5 Å². The second kappa shape index (κ2) is 13.2. The van der Waals surface area contributed by atoms with Crippen molar-refractivity contribution in [2.75, 3.05) is 12.3 Å². The van der Waals surface area contributed by atoms with Crippen molar-refractivity contribution in [3.63, 3.8) is 0 Å². The maximum Gasteiger partial charge on any atom is 0.408 e. The van der Waals surface area contributed by atoms with Gasteiger partial charge in [0, 0.05) is 6.04 Å². The number of terminal acetylenes is 1. The summed E-state index contributed by atoms with van der Waals surface area (Å²) >= 11 is 0. The fourth-order valence-electron chi connectivity index (χ4n) is 4.73. The van der Waals surface area contributed by atoms with Crippen molar-refractivity contribution in [3.8, 4) is 12.3 Å². The first-order valence-electron chi connectivity index (χ1n) is 13.9. The molecular formula is C28H41N7O9. The Labute approximate surface area is 255 Å². The number of hydrogen-bond donors (Lipinski definition) is 5. The third kappa shape index (κ3) is 8.04. The first-order valence-corrected chi connectivity index (χ1v) is 13.9. The van der Waals surface area contributed by atoms with E-state index in [0.717, 1.165) is 0 Å². The topological polar surface area (TPSA) is 222 Å². The highest BCUT2D eigenvalue weighted by Gasteiger charge is 2.60. The molecule has 2 aromatic heterocycles. The number of nitrogens with zero attached hydrogens (tertiary/aromatic N) is 4. The van der Waals surface area contributed by atoms with Gasteiger partial charge < -0.3 is 45.5 Å². The Bertz CT molecular complexity index is 1390. The second-order valence-corrected chi connectivity index (χ2v) is 12.5. The monoisotopic (exact) mass is 619 g/mol. The van der Waals surface area contributed by atoms with Crippen LogP contribution in [0, 0.1) is 12.3 Å². The average molecular weight is 620 g/mol. The molecule has 6 N–H and O–H groups in total. The van der Waals surface area contributed by atoms with Crippen molar-refractivity contribution in [3.05, 3.63) is 12.7 Å². The number of carbonyl (C=O) groups is 3. The molecule has 16 heteroatoms. The molecule has 44 heavy (non-hydrogen) atoms. The lowest BCUT2D eigenvalue weighted by molar-refractivity contribution is -0.158. The number of hydrogen-bond acceptors (Lipinski definition) is 12. The molecule has 0 saturated carbocycles. The van der Waals surface area contributed by atoms with Crippen LogP contribution in [-0.2, 0) is 23.7 Å². The highest BCUT2D eigenvalue weighted by Crippen LogP contribution is 2.40. The molecule has 6 atom stereocenters. The number of nitrogens with one attached hydrogen (secondary N) is 2. The van der Waals surface area contributed by atoms with Gasteiger partial charge in [0.15, 0.2) is 23.2 Å². The van der Waals surface area contributed by atoms with E-state index in [-0.39, 0.29) is 36.4 Å². The molecule has 3 rings (SSSR count). The van der Waals surface area contributed by atoms with Crippen molar-refractivity contribution in [1.29, 1.82) is 0 Å². The van der Waals surface area contributed by atoms with Crippen LogP contribution in [0.25, 0.3) is 11.2 Å². The van der Waals surface area contributed by atoms with Gasteiger partial charge in [0.2, 0.25) is 0 Å². The number of aromatic nitrogens is 4. The predicted octanol–water partition coefficient (Wildman–Crippen LogP) is 1.73. The molecule has 0 radical (unpaired) electrons. The molecule has 0 aromatic carbocycles. The number of carboxylic acids is 1. The quantitative estimate of drug-likeness (QED) is 0.239. The molecule has 0 aliphatic carbocycles. The maximum absolute atomic E-state index is 13.1. The zero-order valence-electron chi connectivity index (χ0n) is 25.9. The lowest BCUT2D eigenvalue weighted by atomic mass is 9.82. The van der Waals surface area contributed by atoms with Crippen LogP contribution < -0.4 is 16.4 Å². The summed E-state index contributed by atoms with van der Waals surface area (Å²) in [5.74, 6) is 0.872. The summed E-state index contributed by atoms with van der Waals surface area (Å²) in [7, 11) is 0. The predicted molar refractivity (Wildman–Crippen MR) is 156 cm³/mol. The van der Waals surface area contributed by atoms with Crippen LogP contribution in [-0.4, -0.2) is 95.6 Å². The number of rotatable bonds is 10. The van der Waals surface area contributed by atoms with E-state index in [1.54, 1.807) is 48.5 Å². The number of aliphatic hydroxyl groups excluding tert-OH is 1. The lowest BCUT2D eigenvalue weighted by Gasteiger charge is -2.38. The van der Waals surface area contributed by atoms with Gasteiger partial charge in [-0.3, -0.25) is 4.57 Å². The summed E-state index contributed by atoms with van der Waals surface area (Å²) in [5.41, 5.74) is 2.37. The van der Waals surface area contributed by atoms with Crippen molar-refractivity contribution in [2.45, 2.75) is 109 Å². The molecule has 1 saturated heterocycles. The molecule has 2 unspecified atom stereocenters. The van der Waals surface area contributed by atoms with Gasteiger partial charge in [-0.25, -0.2) is 29.3 Å². The van der Waals surface area contributed by atoms with Crippen LogP contribution in [0.15, 0.2) is 12.7 Å². The molecule has 2 aromatic rings. The van der Waals surface area contributed by atoms with Crippen LogP contribution in [0.3, 0.4) is 0 Å². The minimum Gasteiger partial charge on any atom is -0.479 e. The molecule has 1 aliphatic heterocycles. The van der Waals surface area contributed by atoms with Crippen LogP contribution in [0.5, 0.6) is 0 Å². The van der Waals surface area contributed by atoms with Crippen molar-refractivity contribution in [1.82, 2.24) is 30.2 Å². The number of nitrogen functional groups attached to an aromatic ring is 1. The van der Waals surface area contributed by atoms with E-state index in [0.29, 0.717) is 0 Å². The molecule has 0 spiro atoms. The standard InChI is InChI=1S/C28H41N7O9/c1-9-12-41-18-17(36)19(42-22(18)35-14-32-16-20(29)30-13-31-21(16)35)28(23(37)38,34-25(40)44-27(6,7)8)11-10-15(2)33-24(39)43-26(3,4)5/h1,13-15,17-19,22,36H,10-12H2,2-8H3,(H,33,39)(H,34,40)(H,37,38)(H2,29,30,31)/t15?,17-,18+,19-,22+,28?/m0/s1. The van der Waals surface area contributed by atoms with Gasteiger partial charge >= 0.3 is 18.2 Å². The minimum atomic E-state index is -2.29. The van der Waals surface area contributed by atoms with E-state index in [4.69, 9.17) is 31.1 Å². The Morgan fingerprint density at radius 3 is 2.36 bits per heavy atom. The van der Waals surface area contributed by atoms with Crippen molar-refractivity contribution >= 4 is 35.1 Å². The number of amides is 2. The summed E-state index contributed by atoms with van der Waals surface area (Å²) < 4.78 is 24.1. The fraction of sp³-hybridized carbons (Fsp3) is 0.643.